The first-order valence-electron chi connectivity index (χ1n) is 8.49. The second-order valence-corrected chi connectivity index (χ2v) is 6.18. The van der Waals surface area contributed by atoms with Gasteiger partial charge in [-0.05, 0) is 36.2 Å². The zero-order valence-electron chi connectivity index (χ0n) is 15.0. The smallest absolute Gasteiger partial charge is 0.294 e. The summed E-state index contributed by atoms with van der Waals surface area (Å²) in [6.07, 6.45) is 0.209. The van der Waals surface area contributed by atoms with Crippen molar-refractivity contribution in [1.82, 2.24) is 0 Å². The molecule has 0 fully saturated rings. The molecule has 1 aliphatic heterocycles. The third-order valence-corrected chi connectivity index (χ3v) is 4.64. The number of nitrogens with zero attached hydrogens (tertiary/aromatic N) is 1. The van der Waals surface area contributed by atoms with E-state index in [1.807, 2.05) is 43.3 Å². The minimum atomic E-state index is -0.665. The molecule has 1 unspecified atom stereocenters. The molecule has 2 aromatic rings. The zero-order valence-corrected chi connectivity index (χ0v) is 15.0. The van der Waals surface area contributed by atoms with Crippen molar-refractivity contribution in [3.8, 4) is 5.75 Å². The van der Waals surface area contributed by atoms with Crippen molar-refractivity contribution in [3.05, 3.63) is 71.0 Å². The molecule has 0 aromatic heterocycles. The maximum Gasteiger partial charge on any atom is 0.294 e. The summed E-state index contributed by atoms with van der Waals surface area (Å²) >= 11 is 0. The number of ether oxygens (including phenoxy) is 1. The van der Waals surface area contributed by atoms with Crippen LogP contribution in [0.15, 0.2) is 59.9 Å². The number of anilines is 1. The fraction of sp³-hybridized carbons (Fsp3) is 0.238. The summed E-state index contributed by atoms with van der Waals surface area (Å²) in [6, 6.07) is 13.9. The van der Waals surface area contributed by atoms with Crippen molar-refractivity contribution >= 4 is 17.4 Å². The van der Waals surface area contributed by atoms with Crippen molar-refractivity contribution in [1.29, 1.82) is 0 Å². The molecule has 0 saturated carbocycles. The van der Waals surface area contributed by atoms with Gasteiger partial charge in [-0.2, -0.15) is 0 Å². The lowest BCUT2D eigenvalue weighted by Gasteiger charge is -2.28. The van der Waals surface area contributed by atoms with Gasteiger partial charge in [-0.15, -0.1) is 0 Å². The Morgan fingerprint density at radius 1 is 1.15 bits per heavy atom. The predicted molar refractivity (Wildman–Crippen MR) is 99.4 cm³/mol. The van der Waals surface area contributed by atoms with Crippen LogP contribution in [0.25, 0.3) is 0 Å². The maximum absolute atomic E-state index is 12.8. The summed E-state index contributed by atoms with van der Waals surface area (Å²) in [5.74, 6) is -0.595. The van der Waals surface area contributed by atoms with Gasteiger partial charge in [0.1, 0.15) is 5.75 Å². The van der Waals surface area contributed by atoms with Crippen LogP contribution in [0, 0.1) is 6.92 Å². The van der Waals surface area contributed by atoms with Crippen LogP contribution in [-0.4, -0.2) is 23.9 Å². The van der Waals surface area contributed by atoms with E-state index in [9.17, 15) is 14.7 Å². The first-order valence-corrected chi connectivity index (χ1v) is 8.49. The molecule has 0 radical (unpaired) electrons. The minimum Gasteiger partial charge on any atom is -0.503 e. The number of carbonyl (C=O) groups is 2. The highest BCUT2D eigenvalue weighted by Crippen LogP contribution is 2.42. The van der Waals surface area contributed by atoms with E-state index in [1.54, 1.807) is 26.2 Å². The molecule has 5 heteroatoms. The Kier molecular flexibility index (Phi) is 4.80. The van der Waals surface area contributed by atoms with E-state index in [0.29, 0.717) is 11.4 Å². The number of aliphatic hydroxyl groups is 1. The van der Waals surface area contributed by atoms with Gasteiger partial charge in [0.2, 0.25) is 0 Å². The molecule has 1 amide bonds. The van der Waals surface area contributed by atoms with E-state index in [-0.39, 0.29) is 17.8 Å². The molecular weight excluding hydrogens is 330 g/mol. The number of hydrogen-bond donors (Lipinski definition) is 1. The number of rotatable bonds is 5. The number of methoxy groups -OCH3 is 1. The topological polar surface area (TPSA) is 66.8 Å². The van der Waals surface area contributed by atoms with E-state index in [1.165, 1.54) is 4.90 Å². The fourth-order valence-electron chi connectivity index (χ4n) is 3.26. The van der Waals surface area contributed by atoms with Gasteiger partial charge in [0.05, 0.1) is 18.7 Å². The SMILES string of the molecule is CCC(=O)C1=C(O)C(=O)N(c2ccccc2C)C1c1ccc(OC)cc1. The number of aliphatic hydroxyl groups excluding tert-OH is 1. The van der Waals surface area contributed by atoms with Crippen molar-refractivity contribution in [2.45, 2.75) is 26.3 Å². The molecule has 2 aromatic carbocycles. The number of hydrogen-bond acceptors (Lipinski definition) is 4. The average Bonchev–Trinajstić information content (AvgIpc) is 2.93. The average molecular weight is 351 g/mol. The summed E-state index contributed by atoms with van der Waals surface area (Å²) in [4.78, 5) is 26.8. The van der Waals surface area contributed by atoms with E-state index in [2.05, 4.69) is 0 Å². The van der Waals surface area contributed by atoms with Crippen LogP contribution in [0.4, 0.5) is 5.69 Å². The first kappa shape index (κ1) is 17.7. The molecule has 1 N–H and O–H groups in total. The largest absolute Gasteiger partial charge is 0.503 e. The molecule has 0 bridgehead atoms. The van der Waals surface area contributed by atoms with Gasteiger partial charge < -0.3 is 9.84 Å². The van der Waals surface area contributed by atoms with Gasteiger partial charge in [0.25, 0.3) is 5.91 Å². The molecule has 26 heavy (non-hydrogen) atoms. The second kappa shape index (κ2) is 7.04. The van der Waals surface area contributed by atoms with Gasteiger partial charge in [-0.1, -0.05) is 37.3 Å². The summed E-state index contributed by atoms with van der Waals surface area (Å²) in [5, 5.41) is 10.5. The first-order chi connectivity index (χ1) is 12.5. The van der Waals surface area contributed by atoms with Gasteiger partial charge in [0, 0.05) is 12.1 Å². The number of ketones is 1. The maximum atomic E-state index is 12.8. The zero-order chi connectivity index (χ0) is 18.8. The Morgan fingerprint density at radius 2 is 1.81 bits per heavy atom. The number of carbonyl (C=O) groups excluding carboxylic acids is 2. The van der Waals surface area contributed by atoms with Crippen LogP contribution in [0.3, 0.4) is 0 Å². The van der Waals surface area contributed by atoms with E-state index in [0.717, 1.165) is 11.1 Å². The van der Waals surface area contributed by atoms with Gasteiger partial charge >= 0.3 is 0 Å². The molecule has 1 atom stereocenters. The molecule has 5 nitrogen and oxygen atoms in total. The standard InChI is InChI=1S/C21H21NO4/c1-4-17(23)18-19(14-9-11-15(26-3)12-10-14)22(21(25)20(18)24)16-8-6-5-7-13(16)2/h5-12,19,24H,4H2,1-3H3. The Labute approximate surface area is 152 Å². The van der Waals surface area contributed by atoms with Crippen LogP contribution < -0.4 is 9.64 Å². The van der Waals surface area contributed by atoms with Gasteiger partial charge in [0.15, 0.2) is 11.5 Å². The van der Waals surface area contributed by atoms with Crippen LogP contribution in [0.2, 0.25) is 0 Å². The quantitative estimate of drug-likeness (QED) is 0.888. The van der Waals surface area contributed by atoms with Crippen LogP contribution >= 0.6 is 0 Å². The number of aryl methyl sites for hydroxylation is 1. The normalized spacial score (nSPS) is 17.0. The van der Waals surface area contributed by atoms with Crippen LogP contribution in [0.1, 0.15) is 30.5 Å². The highest BCUT2D eigenvalue weighted by atomic mass is 16.5. The molecule has 1 heterocycles. The molecule has 0 aliphatic carbocycles. The van der Waals surface area contributed by atoms with Crippen LogP contribution in [0.5, 0.6) is 5.75 Å². The summed E-state index contributed by atoms with van der Waals surface area (Å²) < 4.78 is 5.19. The number of para-hydroxylation sites is 1. The fourth-order valence-corrected chi connectivity index (χ4v) is 3.26. The molecule has 0 spiro atoms. The highest BCUT2D eigenvalue weighted by molar-refractivity contribution is 6.16. The Bertz CT molecular complexity index is 883. The van der Waals surface area contributed by atoms with E-state index >= 15 is 0 Å². The molecule has 1 aliphatic rings. The second-order valence-electron chi connectivity index (χ2n) is 6.18. The van der Waals surface area contributed by atoms with Gasteiger partial charge in [-0.25, -0.2) is 0 Å². The monoisotopic (exact) mass is 351 g/mol. The summed E-state index contributed by atoms with van der Waals surface area (Å²) in [5.41, 5.74) is 2.44. The summed E-state index contributed by atoms with van der Waals surface area (Å²) in [7, 11) is 1.57. The number of Topliss-reactive ketones (excluding diaryl/α,β-unsaturated/α-hetero) is 1. The third kappa shape index (κ3) is 2.86. The Balaban J connectivity index is 2.18. The van der Waals surface area contributed by atoms with Crippen molar-refractivity contribution in [2.24, 2.45) is 0 Å². The Morgan fingerprint density at radius 3 is 2.38 bits per heavy atom. The lowest BCUT2D eigenvalue weighted by atomic mass is 9.94. The minimum absolute atomic E-state index is 0.144. The summed E-state index contributed by atoms with van der Waals surface area (Å²) in [6.45, 7) is 3.61. The van der Waals surface area contributed by atoms with E-state index < -0.39 is 17.7 Å². The molecule has 3 rings (SSSR count). The Hall–Kier alpha value is -3.08. The number of amides is 1. The molecule has 134 valence electrons. The highest BCUT2D eigenvalue weighted by Gasteiger charge is 2.44. The lowest BCUT2D eigenvalue weighted by Crippen LogP contribution is -2.31. The van der Waals surface area contributed by atoms with E-state index in [4.69, 9.17) is 4.74 Å². The lowest BCUT2D eigenvalue weighted by molar-refractivity contribution is -0.118. The van der Waals surface area contributed by atoms with Gasteiger partial charge in [-0.3, -0.25) is 14.5 Å². The van der Waals surface area contributed by atoms with Crippen molar-refractivity contribution in [2.75, 3.05) is 12.0 Å². The molecule has 0 saturated heterocycles. The van der Waals surface area contributed by atoms with Crippen molar-refractivity contribution in [3.63, 3.8) is 0 Å². The molecular formula is C21H21NO4. The van der Waals surface area contributed by atoms with Crippen molar-refractivity contribution < 1.29 is 19.4 Å². The van der Waals surface area contributed by atoms with Crippen LogP contribution in [-0.2, 0) is 9.59 Å². The predicted octanol–water partition coefficient (Wildman–Crippen LogP) is 3.88. The third-order valence-electron chi connectivity index (χ3n) is 4.64. The number of benzene rings is 2.